The molecule has 0 N–H and O–H groups in total. The molecule has 1 aliphatic rings. The minimum atomic E-state index is -0.468. The van der Waals surface area contributed by atoms with Crippen molar-refractivity contribution in [2.24, 2.45) is 5.92 Å². The molecule has 1 atom stereocenters. The number of nitrogens with zero attached hydrogens (tertiary/aromatic N) is 1. The molecule has 1 aromatic heterocycles. The molecule has 1 unspecified atom stereocenters. The lowest BCUT2D eigenvalue weighted by atomic mass is 9.98. The fraction of sp³-hybridized carbons (Fsp3) is 0.600. The van der Waals surface area contributed by atoms with Gasteiger partial charge in [0, 0.05) is 12.1 Å². The summed E-state index contributed by atoms with van der Waals surface area (Å²) >= 11 is 0. The van der Waals surface area contributed by atoms with E-state index in [1.807, 2.05) is 13.0 Å². The van der Waals surface area contributed by atoms with E-state index in [0.29, 0.717) is 18.8 Å². The van der Waals surface area contributed by atoms with Crippen molar-refractivity contribution >= 4 is 11.9 Å². The monoisotopic (exact) mass is 295 g/mol. The van der Waals surface area contributed by atoms with E-state index < -0.39 is 5.97 Å². The van der Waals surface area contributed by atoms with Gasteiger partial charge in [-0.25, -0.2) is 4.79 Å². The van der Waals surface area contributed by atoms with E-state index in [0.717, 1.165) is 24.9 Å². The van der Waals surface area contributed by atoms with Gasteiger partial charge in [-0.1, -0.05) is 0 Å². The molecule has 2 rings (SSSR count). The highest BCUT2D eigenvalue weighted by Gasteiger charge is 2.27. The fourth-order valence-electron chi connectivity index (χ4n) is 2.70. The molecule has 0 aromatic carbocycles. The largest absolute Gasteiger partial charge is 0.469 e. The summed E-state index contributed by atoms with van der Waals surface area (Å²) in [7, 11) is 2.75. The van der Waals surface area contributed by atoms with Crippen LogP contribution in [-0.2, 0) is 20.8 Å². The molecule has 0 radical (unpaired) electrons. The molecule has 0 spiro atoms. The minimum Gasteiger partial charge on any atom is -0.469 e. The Hall–Kier alpha value is -1.82. The number of rotatable bonds is 4. The Kier molecular flexibility index (Phi) is 5.01. The Balaban J connectivity index is 2.01. The summed E-state index contributed by atoms with van der Waals surface area (Å²) in [4.78, 5) is 25.3. The van der Waals surface area contributed by atoms with Crippen molar-refractivity contribution in [2.45, 2.75) is 26.3 Å². The van der Waals surface area contributed by atoms with Crippen LogP contribution in [0.3, 0.4) is 0 Å². The first-order chi connectivity index (χ1) is 10.0. The molecule has 1 aromatic rings. The Morgan fingerprint density at radius 2 is 2.14 bits per heavy atom. The van der Waals surface area contributed by atoms with Crippen molar-refractivity contribution in [3.63, 3.8) is 0 Å². The number of carbonyl (C=O) groups is 2. The van der Waals surface area contributed by atoms with Crippen LogP contribution in [0.15, 0.2) is 10.5 Å². The van der Waals surface area contributed by atoms with E-state index >= 15 is 0 Å². The zero-order valence-electron chi connectivity index (χ0n) is 12.7. The van der Waals surface area contributed by atoms with Crippen molar-refractivity contribution in [1.82, 2.24) is 4.90 Å². The number of esters is 2. The molecule has 116 valence electrons. The van der Waals surface area contributed by atoms with E-state index in [9.17, 15) is 9.59 Å². The van der Waals surface area contributed by atoms with E-state index in [2.05, 4.69) is 9.64 Å². The second-order valence-corrected chi connectivity index (χ2v) is 5.31. The maximum Gasteiger partial charge on any atom is 0.374 e. The van der Waals surface area contributed by atoms with E-state index in [1.54, 1.807) is 0 Å². The lowest BCUT2D eigenvalue weighted by molar-refractivity contribution is -0.147. The number of hydrogen-bond donors (Lipinski definition) is 0. The minimum absolute atomic E-state index is 0.0834. The molecule has 6 heteroatoms. The Morgan fingerprint density at radius 3 is 2.81 bits per heavy atom. The van der Waals surface area contributed by atoms with Crippen LogP contribution < -0.4 is 0 Å². The van der Waals surface area contributed by atoms with Gasteiger partial charge in [-0.05, 0) is 32.4 Å². The molecule has 1 aliphatic heterocycles. The van der Waals surface area contributed by atoms with Gasteiger partial charge in [-0.2, -0.15) is 0 Å². The number of aryl methyl sites for hydroxylation is 1. The summed E-state index contributed by atoms with van der Waals surface area (Å²) in [5, 5.41) is 0. The lowest BCUT2D eigenvalue weighted by Crippen LogP contribution is -2.38. The quantitative estimate of drug-likeness (QED) is 0.788. The van der Waals surface area contributed by atoms with Gasteiger partial charge in [-0.3, -0.25) is 9.69 Å². The van der Waals surface area contributed by atoms with Gasteiger partial charge in [0.15, 0.2) is 0 Å². The summed E-state index contributed by atoms with van der Waals surface area (Å²) in [5.74, 6) is 0.239. The SMILES string of the molecule is COC(=O)c1oc(CN2CCCC(C(=O)OC)C2)cc1C. The zero-order valence-corrected chi connectivity index (χ0v) is 12.7. The lowest BCUT2D eigenvalue weighted by Gasteiger charge is -2.30. The second kappa shape index (κ2) is 6.76. The van der Waals surface area contributed by atoms with Gasteiger partial charge in [0.2, 0.25) is 5.76 Å². The van der Waals surface area contributed by atoms with Gasteiger partial charge >= 0.3 is 11.9 Å². The fourth-order valence-corrected chi connectivity index (χ4v) is 2.70. The summed E-state index contributed by atoms with van der Waals surface area (Å²) in [6.07, 6.45) is 1.80. The first-order valence-electron chi connectivity index (χ1n) is 7.03. The molecule has 0 aliphatic carbocycles. The van der Waals surface area contributed by atoms with E-state index in [-0.39, 0.29) is 17.6 Å². The zero-order chi connectivity index (χ0) is 15.4. The highest BCUT2D eigenvalue weighted by molar-refractivity contribution is 5.87. The van der Waals surface area contributed by atoms with Crippen molar-refractivity contribution < 1.29 is 23.5 Å². The van der Waals surface area contributed by atoms with E-state index in [1.165, 1.54) is 14.2 Å². The number of hydrogen-bond acceptors (Lipinski definition) is 6. The van der Waals surface area contributed by atoms with Crippen LogP contribution in [0.2, 0.25) is 0 Å². The number of methoxy groups -OCH3 is 2. The third kappa shape index (κ3) is 3.64. The number of furan rings is 1. The van der Waals surface area contributed by atoms with Gasteiger partial charge in [0.05, 0.1) is 26.7 Å². The first-order valence-corrected chi connectivity index (χ1v) is 7.03. The van der Waals surface area contributed by atoms with Crippen LogP contribution in [-0.4, -0.2) is 44.1 Å². The summed E-state index contributed by atoms with van der Waals surface area (Å²) in [6.45, 7) is 3.94. The molecule has 0 amide bonds. The van der Waals surface area contributed by atoms with Crippen LogP contribution in [0.5, 0.6) is 0 Å². The molecule has 1 saturated heterocycles. The van der Waals surface area contributed by atoms with Crippen molar-refractivity contribution in [3.05, 3.63) is 23.2 Å². The number of carbonyl (C=O) groups excluding carboxylic acids is 2. The standard InChI is InChI=1S/C15H21NO5/c1-10-7-12(21-13(10)15(18)20-3)9-16-6-4-5-11(8-16)14(17)19-2/h7,11H,4-6,8-9H2,1-3H3. The Bertz CT molecular complexity index is 522. The summed E-state index contributed by atoms with van der Waals surface area (Å²) < 4.78 is 15.0. The smallest absolute Gasteiger partial charge is 0.374 e. The molecule has 6 nitrogen and oxygen atoms in total. The Morgan fingerprint density at radius 1 is 1.38 bits per heavy atom. The van der Waals surface area contributed by atoms with Gasteiger partial charge in [0.1, 0.15) is 5.76 Å². The molecule has 0 bridgehead atoms. The maximum atomic E-state index is 11.6. The first kappa shape index (κ1) is 15.6. The molecule has 0 saturated carbocycles. The van der Waals surface area contributed by atoms with Crippen LogP contribution in [0.4, 0.5) is 0 Å². The third-order valence-corrected chi connectivity index (χ3v) is 3.76. The van der Waals surface area contributed by atoms with E-state index in [4.69, 9.17) is 9.15 Å². The Labute approximate surface area is 124 Å². The van der Waals surface area contributed by atoms with Gasteiger partial charge in [0.25, 0.3) is 0 Å². The van der Waals surface area contributed by atoms with Crippen molar-refractivity contribution in [3.8, 4) is 0 Å². The maximum absolute atomic E-state index is 11.6. The van der Waals surface area contributed by atoms with Crippen LogP contribution in [0.25, 0.3) is 0 Å². The average molecular weight is 295 g/mol. The molecule has 1 fully saturated rings. The van der Waals surface area contributed by atoms with Gasteiger partial charge in [-0.15, -0.1) is 0 Å². The normalized spacial score (nSPS) is 19.3. The number of piperidine rings is 1. The highest BCUT2D eigenvalue weighted by atomic mass is 16.5. The molecule has 2 heterocycles. The third-order valence-electron chi connectivity index (χ3n) is 3.76. The number of ether oxygens (including phenoxy) is 2. The average Bonchev–Trinajstić information content (AvgIpc) is 2.86. The van der Waals surface area contributed by atoms with Crippen molar-refractivity contribution in [2.75, 3.05) is 27.3 Å². The predicted molar refractivity (Wildman–Crippen MR) is 74.8 cm³/mol. The van der Waals surface area contributed by atoms with Crippen LogP contribution in [0.1, 0.15) is 34.7 Å². The molecular formula is C15H21NO5. The molecular weight excluding hydrogens is 274 g/mol. The second-order valence-electron chi connectivity index (χ2n) is 5.31. The van der Waals surface area contributed by atoms with Crippen LogP contribution in [0, 0.1) is 12.8 Å². The number of likely N-dealkylation sites (tertiary alicyclic amines) is 1. The molecule has 21 heavy (non-hydrogen) atoms. The highest BCUT2D eigenvalue weighted by Crippen LogP contribution is 2.22. The van der Waals surface area contributed by atoms with Crippen molar-refractivity contribution in [1.29, 1.82) is 0 Å². The summed E-state index contributed by atoms with van der Waals surface area (Å²) in [6, 6.07) is 1.84. The van der Waals surface area contributed by atoms with Crippen LogP contribution >= 0.6 is 0 Å². The predicted octanol–water partition coefficient (Wildman–Crippen LogP) is 1.76. The summed E-state index contributed by atoms with van der Waals surface area (Å²) in [5.41, 5.74) is 0.762. The van der Waals surface area contributed by atoms with Gasteiger partial charge < -0.3 is 13.9 Å². The topological polar surface area (TPSA) is 69.0 Å².